The van der Waals surface area contributed by atoms with E-state index in [1.165, 1.54) is 6.20 Å². The number of hydrogen-bond acceptors (Lipinski definition) is 4. The van der Waals surface area contributed by atoms with Crippen LogP contribution in [0.5, 0.6) is 5.75 Å². The van der Waals surface area contributed by atoms with Crippen molar-refractivity contribution < 1.29 is 15.0 Å². The molecule has 0 aliphatic heterocycles. The quantitative estimate of drug-likeness (QED) is 0.429. The van der Waals surface area contributed by atoms with Gasteiger partial charge in [-0.1, -0.05) is 54.6 Å². The lowest BCUT2D eigenvalue weighted by atomic mass is 9.92. The summed E-state index contributed by atoms with van der Waals surface area (Å²) < 4.78 is 0. The molecule has 0 bridgehead atoms. The van der Waals surface area contributed by atoms with E-state index in [9.17, 15) is 15.0 Å². The van der Waals surface area contributed by atoms with Crippen molar-refractivity contribution in [1.82, 2.24) is 9.97 Å². The molecule has 28 heavy (non-hydrogen) atoms. The molecular formula is C23H14N2O3. The van der Waals surface area contributed by atoms with Gasteiger partial charge in [-0.3, -0.25) is 4.98 Å². The number of fused-ring (bicyclic) bond motifs is 4. The summed E-state index contributed by atoms with van der Waals surface area (Å²) in [6.45, 7) is 0. The third kappa shape index (κ3) is 2.37. The molecule has 2 N–H and O–H groups in total. The van der Waals surface area contributed by atoms with Crippen LogP contribution in [0.1, 0.15) is 10.5 Å². The van der Waals surface area contributed by atoms with E-state index in [4.69, 9.17) is 0 Å². The number of carboxylic acid groups (broad SMARTS) is 1. The Morgan fingerprint density at radius 2 is 1.57 bits per heavy atom. The lowest BCUT2D eigenvalue weighted by Crippen LogP contribution is -2.02. The van der Waals surface area contributed by atoms with E-state index in [1.807, 2.05) is 60.7 Å². The molecule has 5 rings (SSSR count). The van der Waals surface area contributed by atoms with E-state index in [0.717, 1.165) is 32.7 Å². The zero-order valence-electron chi connectivity index (χ0n) is 14.6. The third-order valence-corrected chi connectivity index (χ3v) is 4.95. The molecule has 0 aliphatic carbocycles. The Bertz CT molecular complexity index is 1410. The molecule has 5 nitrogen and oxygen atoms in total. The zero-order chi connectivity index (χ0) is 19.3. The molecular weight excluding hydrogens is 352 g/mol. The second-order valence-electron chi connectivity index (χ2n) is 6.58. The van der Waals surface area contributed by atoms with Crippen LogP contribution in [0.2, 0.25) is 0 Å². The number of aromatic carboxylic acids is 1. The topological polar surface area (TPSA) is 83.3 Å². The normalized spacial score (nSPS) is 11.3. The van der Waals surface area contributed by atoms with Gasteiger partial charge in [-0.15, -0.1) is 0 Å². The number of carbonyl (C=O) groups is 1. The monoisotopic (exact) mass is 366 g/mol. The molecule has 0 aliphatic rings. The van der Waals surface area contributed by atoms with Gasteiger partial charge in [0.05, 0.1) is 17.2 Å². The van der Waals surface area contributed by atoms with Crippen molar-refractivity contribution in [3.8, 4) is 16.9 Å². The summed E-state index contributed by atoms with van der Waals surface area (Å²) in [4.78, 5) is 19.9. The lowest BCUT2D eigenvalue weighted by Gasteiger charge is -2.14. The maximum atomic E-state index is 11.3. The van der Waals surface area contributed by atoms with Gasteiger partial charge in [-0.05, 0) is 33.9 Å². The molecule has 0 spiro atoms. The first kappa shape index (κ1) is 16.2. The van der Waals surface area contributed by atoms with E-state index in [2.05, 4.69) is 9.97 Å². The predicted molar refractivity (Wildman–Crippen MR) is 109 cm³/mol. The third-order valence-electron chi connectivity index (χ3n) is 4.95. The summed E-state index contributed by atoms with van der Waals surface area (Å²) >= 11 is 0. The number of aromatic nitrogens is 2. The van der Waals surface area contributed by atoms with Gasteiger partial charge >= 0.3 is 5.97 Å². The SMILES string of the molecule is O=C(O)c1cnc2cc(-c3c(O)ccc4ccccc34)c3ccccc3c2n1. The molecule has 5 aromatic rings. The first-order valence-electron chi connectivity index (χ1n) is 8.76. The molecule has 0 saturated carbocycles. The van der Waals surface area contributed by atoms with Crippen LogP contribution in [-0.2, 0) is 0 Å². The number of benzene rings is 4. The zero-order valence-corrected chi connectivity index (χ0v) is 14.6. The van der Waals surface area contributed by atoms with Crippen molar-refractivity contribution in [2.75, 3.05) is 0 Å². The highest BCUT2D eigenvalue weighted by atomic mass is 16.4. The minimum Gasteiger partial charge on any atom is -0.507 e. The average Bonchev–Trinajstić information content (AvgIpc) is 2.73. The smallest absolute Gasteiger partial charge is 0.356 e. The summed E-state index contributed by atoms with van der Waals surface area (Å²) in [6, 6.07) is 20.9. The maximum absolute atomic E-state index is 11.3. The molecule has 0 fully saturated rings. The number of phenolic OH excluding ortho intramolecular Hbond substituents is 1. The van der Waals surface area contributed by atoms with E-state index < -0.39 is 5.97 Å². The lowest BCUT2D eigenvalue weighted by molar-refractivity contribution is 0.0690. The van der Waals surface area contributed by atoms with Crippen LogP contribution in [0.15, 0.2) is 72.9 Å². The highest BCUT2D eigenvalue weighted by Gasteiger charge is 2.17. The van der Waals surface area contributed by atoms with Crippen LogP contribution in [0, 0.1) is 0 Å². The molecule has 0 saturated heterocycles. The molecule has 0 amide bonds. The Morgan fingerprint density at radius 1 is 0.857 bits per heavy atom. The molecule has 1 heterocycles. The van der Waals surface area contributed by atoms with Crippen LogP contribution in [0.25, 0.3) is 43.7 Å². The average molecular weight is 366 g/mol. The minimum absolute atomic E-state index is 0.0987. The fourth-order valence-electron chi connectivity index (χ4n) is 3.69. The number of hydrogen-bond donors (Lipinski definition) is 2. The Hall–Kier alpha value is -3.99. The van der Waals surface area contributed by atoms with Crippen LogP contribution in [-0.4, -0.2) is 26.2 Å². The van der Waals surface area contributed by atoms with Crippen molar-refractivity contribution in [2.24, 2.45) is 0 Å². The fraction of sp³-hybridized carbons (Fsp3) is 0. The van der Waals surface area contributed by atoms with E-state index in [1.54, 1.807) is 6.07 Å². The number of carboxylic acids is 1. The summed E-state index contributed by atoms with van der Waals surface area (Å²) in [7, 11) is 0. The first-order valence-corrected chi connectivity index (χ1v) is 8.76. The molecule has 0 unspecified atom stereocenters. The van der Waals surface area contributed by atoms with Crippen LogP contribution in [0.4, 0.5) is 0 Å². The van der Waals surface area contributed by atoms with Gasteiger partial charge < -0.3 is 10.2 Å². The van der Waals surface area contributed by atoms with Crippen molar-refractivity contribution in [2.45, 2.75) is 0 Å². The van der Waals surface area contributed by atoms with Gasteiger partial charge in [0.25, 0.3) is 0 Å². The number of rotatable bonds is 2. The second kappa shape index (κ2) is 6.03. The fourth-order valence-corrected chi connectivity index (χ4v) is 3.69. The summed E-state index contributed by atoms with van der Waals surface area (Å²) in [6.07, 6.45) is 1.26. The molecule has 0 radical (unpaired) electrons. The van der Waals surface area contributed by atoms with Gasteiger partial charge in [0.15, 0.2) is 5.69 Å². The number of aromatic hydroxyl groups is 1. The summed E-state index contributed by atoms with van der Waals surface area (Å²) in [5.74, 6) is -0.937. The molecule has 0 atom stereocenters. The van der Waals surface area contributed by atoms with Gasteiger partial charge in [-0.25, -0.2) is 9.78 Å². The number of phenols is 1. The van der Waals surface area contributed by atoms with Crippen molar-refractivity contribution >= 4 is 38.5 Å². The summed E-state index contributed by atoms with van der Waals surface area (Å²) in [5, 5.41) is 23.6. The number of nitrogens with zero attached hydrogens (tertiary/aromatic N) is 2. The first-order chi connectivity index (χ1) is 13.6. The standard InChI is InChI=1S/C23H14N2O3/c26-20-10-9-13-5-1-2-6-14(13)21(20)17-11-18-22(16-8-4-3-7-15(16)17)25-19(12-24-18)23(27)28/h1-12,26H,(H,27,28). The molecule has 4 aromatic carbocycles. The van der Waals surface area contributed by atoms with E-state index in [-0.39, 0.29) is 11.4 Å². The Labute approximate surface area is 159 Å². The molecule has 134 valence electrons. The molecule has 5 heteroatoms. The Kier molecular flexibility index (Phi) is 3.49. The van der Waals surface area contributed by atoms with Crippen molar-refractivity contribution in [1.29, 1.82) is 0 Å². The Morgan fingerprint density at radius 3 is 2.36 bits per heavy atom. The highest BCUT2D eigenvalue weighted by Crippen LogP contribution is 2.41. The van der Waals surface area contributed by atoms with Crippen LogP contribution in [0.3, 0.4) is 0 Å². The highest BCUT2D eigenvalue weighted by molar-refractivity contribution is 6.15. The summed E-state index contributed by atoms with van der Waals surface area (Å²) in [5.41, 5.74) is 2.55. The Balaban J connectivity index is 1.95. The van der Waals surface area contributed by atoms with E-state index in [0.29, 0.717) is 11.0 Å². The maximum Gasteiger partial charge on any atom is 0.356 e. The van der Waals surface area contributed by atoms with E-state index >= 15 is 0 Å². The van der Waals surface area contributed by atoms with Gasteiger partial charge in [-0.2, -0.15) is 0 Å². The molecule has 1 aromatic heterocycles. The van der Waals surface area contributed by atoms with Gasteiger partial charge in [0.2, 0.25) is 0 Å². The largest absolute Gasteiger partial charge is 0.507 e. The van der Waals surface area contributed by atoms with Gasteiger partial charge in [0, 0.05) is 10.9 Å². The predicted octanol–water partition coefficient (Wildman–Crippen LogP) is 5.01. The van der Waals surface area contributed by atoms with Crippen LogP contribution >= 0.6 is 0 Å². The van der Waals surface area contributed by atoms with Crippen molar-refractivity contribution in [3.63, 3.8) is 0 Å². The van der Waals surface area contributed by atoms with Crippen LogP contribution < -0.4 is 0 Å². The van der Waals surface area contributed by atoms with Gasteiger partial charge in [0.1, 0.15) is 5.75 Å². The second-order valence-corrected chi connectivity index (χ2v) is 6.58. The minimum atomic E-state index is -1.12. The van der Waals surface area contributed by atoms with Crippen molar-refractivity contribution in [3.05, 3.63) is 78.6 Å².